The zero-order valence-corrected chi connectivity index (χ0v) is 14.0. The highest BCUT2D eigenvalue weighted by atomic mass is 16.7. The molecule has 2 heterocycles. The molecule has 5 nitrogen and oxygen atoms in total. The van der Waals surface area contributed by atoms with E-state index in [0.717, 1.165) is 22.7 Å². The van der Waals surface area contributed by atoms with Gasteiger partial charge in [-0.2, -0.15) is 5.10 Å². The summed E-state index contributed by atoms with van der Waals surface area (Å²) >= 11 is 0. The van der Waals surface area contributed by atoms with Crippen LogP contribution in [0.2, 0.25) is 0 Å². The van der Waals surface area contributed by atoms with Crippen LogP contribution in [0.4, 0.5) is 0 Å². The van der Waals surface area contributed by atoms with Crippen molar-refractivity contribution in [3.05, 3.63) is 30.1 Å². The van der Waals surface area contributed by atoms with Gasteiger partial charge in [0.25, 0.3) is 0 Å². The molecule has 1 aliphatic heterocycles. The van der Waals surface area contributed by atoms with Crippen molar-refractivity contribution in [3.8, 4) is 11.4 Å². The molecule has 1 saturated heterocycles. The topological polar surface area (TPSA) is 49.2 Å². The van der Waals surface area contributed by atoms with Gasteiger partial charge < -0.3 is 9.31 Å². The van der Waals surface area contributed by atoms with E-state index in [9.17, 15) is 0 Å². The van der Waals surface area contributed by atoms with Gasteiger partial charge in [-0.1, -0.05) is 24.3 Å². The van der Waals surface area contributed by atoms with Crippen molar-refractivity contribution in [2.45, 2.75) is 45.8 Å². The van der Waals surface area contributed by atoms with E-state index in [1.165, 1.54) is 0 Å². The molecule has 0 saturated carbocycles. The molecule has 3 rings (SSSR count). The van der Waals surface area contributed by atoms with E-state index < -0.39 is 0 Å². The van der Waals surface area contributed by atoms with E-state index in [0.29, 0.717) is 0 Å². The van der Waals surface area contributed by atoms with Gasteiger partial charge in [0.2, 0.25) is 0 Å². The number of nitrogens with zero attached hydrogens (tertiary/aromatic N) is 3. The lowest BCUT2D eigenvalue weighted by Crippen LogP contribution is -2.41. The Balaban J connectivity index is 1.84. The Morgan fingerprint density at radius 3 is 2.00 bits per heavy atom. The molecular formula is C16H22BN3O2. The number of aromatic nitrogens is 3. The average Bonchev–Trinajstić information content (AvgIpc) is 2.87. The summed E-state index contributed by atoms with van der Waals surface area (Å²) in [6.45, 7) is 10.2. The van der Waals surface area contributed by atoms with Crippen molar-refractivity contribution in [1.82, 2.24) is 14.8 Å². The van der Waals surface area contributed by atoms with Crippen molar-refractivity contribution in [2.24, 2.45) is 7.05 Å². The van der Waals surface area contributed by atoms with Gasteiger partial charge >= 0.3 is 7.12 Å². The molecular weight excluding hydrogens is 277 g/mol. The number of benzene rings is 1. The van der Waals surface area contributed by atoms with Crippen LogP contribution in [0.1, 0.15) is 33.5 Å². The number of hydrogen-bond acceptors (Lipinski definition) is 4. The van der Waals surface area contributed by atoms with Gasteiger partial charge in [-0.25, -0.2) is 4.98 Å². The normalized spacial score (nSPS) is 19.6. The Bertz CT molecular complexity index is 656. The summed E-state index contributed by atoms with van der Waals surface area (Å²) in [7, 11) is 1.56. The van der Waals surface area contributed by atoms with Gasteiger partial charge in [0.1, 0.15) is 5.82 Å². The summed E-state index contributed by atoms with van der Waals surface area (Å²) in [6, 6.07) is 8.05. The van der Waals surface area contributed by atoms with Crippen LogP contribution in [0.15, 0.2) is 24.3 Å². The molecule has 6 heteroatoms. The predicted molar refractivity (Wildman–Crippen MR) is 86.9 cm³/mol. The zero-order valence-electron chi connectivity index (χ0n) is 14.0. The van der Waals surface area contributed by atoms with E-state index in [1.54, 1.807) is 4.68 Å². The minimum absolute atomic E-state index is 0.323. The molecule has 1 aliphatic rings. The van der Waals surface area contributed by atoms with E-state index >= 15 is 0 Å². The van der Waals surface area contributed by atoms with Crippen molar-refractivity contribution in [2.75, 3.05) is 0 Å². The lowest BCUT2D eigenvalue weighted by Gasteiger charge is -2.32. The maximum Gasteiger partial charge on any atom is 0.494 e. The zero-order chi connectivity index (χ0) is 16.1. The monoisotopic (exact) mass is 299 g/mol. The standard InChI is InChI=1S/C16H22BN3O2/c1-11-18-14(19-20(11)6)12-7-9-13(10-8-12)17-21-15(2,3)16(4,5)22-17/h7-10H,1-6H3. The van der Waals surface area contributed by atoms with Crippen LogP contribution in [0.3, 0.4) is 0 Å². The van der Waals surface area contributed by atoms with E-state index in [4.69, 9.17) is 9.31 Å². The smallest absolute Gasteiger partial charge is 0.399 e. The molecule has 0 aliphatic carbocycles. The highest BCUT2D eigenvalue weighted by Gasteiger charge is 2.51. The van der Waals surface area contributed by atoms with Gasteiger partial charge in [0.15, 0.2) is 5.82 Å². The van der Waals surface area contributed by atoms with Gasteiger partial charge in [-0.15, -0.1) is 0 Å². The fourth-order valence-corrected chi connectivity index (χ4v) is 2.35. The summed E-state index contributed by atoms with van der Waals surface area (Å²) in [5, 5.41) is 4.40. The third-order valence-electron chi connectivity index (χ3n) is 4.68. The number of aryl methyl sites for hydroxylation is 2. The van der Waals surface area contributed by atoms with Crippen LogP contribution in [-0.2, 0) is 16.4 Å². The first-order chi connectivity index (χ1) is 10.2. The second-order valence-corrected chi connectivity index (χ2v) is 6.82. The summed E-state index contributed by atoms with van der Waals surface area (Å²) < 4.78 is 13.9. The first kappa shape index (κ1) is 15.2. The maximum absolute atomic E-state index is 6.06. The quantitative estimate of drug-likeness (QED) is 0.797. The van der Waals surface area contributed by atoms with Gasteiger partial charge in [-0.05, 0) is 40.1 Å². The maximum atomic E-state index is 6.06. The first-order valence-corrected chi connectivity index (χ1v) is 7.53. The van der Waals surface area contributed by atoms with Crippen LogP contribution in [0.25, 0.3) is 11.4 Å². The third-order valence-corrected chi connectivity index (χ3v) is 4.68. The summed E-state index contributed by atoms with van der Waals surface area (Å²) in [5.41, 5.74) is 1.35. The highest BCUT2D eigenvalue weighted by molar-refractivity contribution is 6.62. The van der Waals surface area contributed by atoms with Crippen molar-refractivity contribution in [1.29, 1.82) is 0 Å². The molecule has 22 heavy (non-hydrogen) atoms. The molecule has 0 radical (unpaired) electrons. The second-order valence-electron chi connectivity index (χ2n) is 6.82. The second kappa shape index (κ2) is 4.93. The molecule has 116 valence electrons. The predicted octanol–water partition coefficient (Wildman–Crippen LogP) is 2.09. The van der Waals surface area contributed by atoms with E-state index in [-0.39, 0.29) is 18.3 Å². The molecule has 1 aromatic heterocycles. The Hall–Kier alpha value is -1.66. The van der Waals surface area contributed by atoms with Crippen LogP contribution in [0, 0.1) is 6.92 Å². The molecule has 2 aromatic rings. The fraction of sp³-hybridized carbons (Fsp3) is 0.500. The Kier molecular flexibility index (Phi) is 3.42. The third kappa shape index (κ3) is 2.46. The van der Waals surface area contributed by atoms with Gasteiger partial charge in [0.05, 0.1) is 11.2 Å². The first-order valence-electron chi connectivity index (χ1n) is 7.53. The van der Waals surface area contributed by atoms with Crippen molar-refractivity contribution in [3.63, 3.8) is 0 Å². The lowest BCUT2D eigenvalue weighted by molar-refractivity contribution is 0.00578. The van der Waals surface area contributed by atoms with Crippen molar-refractivity contribution < 1.29 is 9.31 Å². The van der Waals surface area contributed by atoms with Crippen LogP contribution < -0.4 is 5.46 Å². The Morgan fingerprint density at radius 1 is 1.00 bits per heavy atom. The molecule has 1 fully saturated rings. The molecule has 0 atom stereocenters. The average molecular weight is 299 g/mol. The van der Waals surface area contributed by atoms with Crippen LogP contribution in [-0.4, -0.2) is 33.1 Å². The number of hydrogen-bond donors (Lipinski definition) is 0. The SMILES string of the molecule is Cc1nc(-c2ccc(B3OC(C)(C)C(C)(C)O3)cc2)nn1C. The minimum atomic E-state index is -0.336. The van der Waals surface area contributed by atoms with Crippen molar-refractivity contribution >= 4 is 12.6 Å². The molecule has 1 aromatic carbocycles. The summed E-state index contributed by atoms with van der Waals surface area (Å²) in [4.78, 5) is 4.44. The Morgan fingerprint density at radius 2 is 1.55 bits per heavy atom. The van der Waals surface area contributed by atoms with E-state index in [2.05, 4.69) is 37.8 Å². The lowest BCUT2D eigenvalue weighted by atomic mass is 9.79. The van der Waals surface area contributed by atoms with Crippen LogP contribution in [0.5, 0.6) is 0 Å². The number of rotatable bonds is 2. The molecule has 0 amide bonds. The molecule has 0 bridgehead atoms. The summed E-state index contributed by atoms with van der Waals surface area (Å²) in [6.07, 6.45) is 0. The molecule has 0 N–H and O–H groups in total. The summed E-state index contributed by atoms with van der Waals surface area (Å²) in [5.74, 6) is 1.63. The van der Waals surface area contributed by atoms with Crippen LogP contribution >= 0.6 is 0 Å². The minimum Gasteiger partial charge on any atom is -0.399 e. The molecule has 0 unspecified atom stereocenters. The molecule has 0 spiro atoms. The fourth-order valence-electron chi connectivity index (χ4n) is 2.35. The Labute approximate surface area is 131 Å². The van der Waals surface area contributed by atoms with E-state index in [1.807, 2.05) is 38.2 Å². The largest absolute Gasteiger partial charge is 0.494 e. The van der Waals surface area contributed by atoms with Gasteiger partial charge in [-0.3, -0.25) is 4.68 Å². The highest BCUT2D eigenvalue weighted by Crippen LogP contribution is 2.36. The van der Waals surface area contributed by atoms with Gasteiger partial charge in [0, 0.05) is 12.6 Å².